The van der Waals surface area contributed by atoms with Gasteiger partial charge in [0, 0.05) is 60.6 Å². The van der Waals surface area contributed by atoms with Gasteiger partial charge in [0.25, 0.3) is 0 Å². The Balaban J connectivity index is 1.41. The van der Waals surface area contributed by atoms with Gasteiger partial charge >= 0.3 is 6.03 Å². The van der Waals surface area contributed by atoms with Crippen LogP contribution < -0.4 is 10.6 Å². The van der Waals surface area contributed by atoms with Gasteiger partial charge in [-0.2, -0.15) is 0 Å². The smallest absolute Gasteiger partial charge is 0.320 e. The van der Waals surface area contributed by atoms with E-state index < -0.39 is 0 Å². The molecule has 160 valence electrons. The van der Waals surface area contributed by atoms with Gasteiger partial charge in [-0.1, -0.05) is 19.1 Å². The highest BCUT2D eigenvalue weighted by Gasteiger charge is 2.30. The van der Waals surface area contributed by atoms with Gasteiger partial charge in [0.1, 0.15) is 12.1 Å². The minimum Gasteiger partial charge on any atom is -0.353 e. The topological polar surface area (TPSA) is 78.6 Å². The minimum absolute atomic E-state index is 0.0697. The summed E-state index contributed by atoms with van der Waals surface area (Å²) in [6.07, 6.45) is 3.87. The second-order valence-corrected chi connectivity index (χ2v) is 9.34. The number of hydrogen-bond donors (Lipinski definition) is 1. The maximum Gasteiger partial charge on any atom is 0.320 e. The van der Waals surface area contributed by atoms with Gasteiger partial charge in [-0.3, -0.25) is 0 Å². The van der Waals surface area contributed by atoms with Crippen molar-refractivity contribution < 1.29 is 4.79 Å². The number of piperazine rings is 1. The van der Waals surface area contributed by atoms with Gasteiger partial charge in [-0.15, -0.1) is 0 Å². The first kappa shape index (κ1) is 21.3. The van der Waals surface area contributed by atoms with E-state index in [1.165, 1.54) is 14.8 Å². The molecule has 1 aliphatic carbocycles. The summed E-state index contributed by atoms with van der Waals surface area (Å²) >= 11 is 2.30. The van der Waals surface area contributed by atoms with Crippen molar-refractivity contribution in [2.45, 2.75) is 32.2 Å². The highest BCUT2D eigenvalue weighted by Crippen LogP contribution is 2.37. The number of carbonyl (C=O) groups is 1. The van der Waals surface area contributed by atoms with Crippen molar-refractivity contribution in [3.63, 3.8) is 0 Å². The van der Waals surface area contributed by atoms with Gasteiger partial charge in [0.15, 0.2) is 0 Å². The Kier molecular flexibility index (Phi) is 6.72. The lowest BCUT2D eigenvalue weighted by atomic mass is 10.1. The number of amides is 2. The second-order valence-electron chi connectivity index (χ2n) is 8.09. The molecule has 1 atom stereocenters. The summed E-state index contributed by atoms with van der Waals surface area (Å²) in [6.45, 7) is 6.84. The monoisotopic (exact) mass is 520 g/mol. The van der Waals surface area contributed by atoms with E-state index in [4.69, 9.17) is 5.73 Å². The van der Waals surface area contributed by atoms with Gasteiger partial charge in [0.2, 0.25) is 0 Å². The molecule has 2 N–H and O–H groups in total. The second kappa shape index (κ2) is 9.47. The first-order valence-corrected chi connectivity index (χ1v) is 11.7. The molecule has 7 nitrogen and oxygen atoms in total. The molecule has 2 aromatic rings. The number of urea groups is 1. The standard InChI is InChI=1S/C22H29IN6O/c1-16-5-6-19-20(16)21(26-15-25-19)27-9-11-28(12-10-27)22(30)29(8-7-24)14-17-3-2-4-18(23)13-17/h2-4,13,15-16H,5-12,14,24H2,1H3/t16-/m1/s1. The lowest BCUT2D eigenvalue weighted by molar-refractivity contribution is 0.148. The molecule has 0 saturated carbocycles. The van der Waals surface area contributed by atoms with E-state index in [1.807, 2.05) is 15.9 Å². The number of nitrogens with zero attached hydrogens (tertiary/aromatic N) is 5. The Morgan fingerprint density at radius 2 is 2.07 bits per heavy atom. The molecule has 0 unspecified atom stereocenters. The summed E-state index contributed by atoms with van der Waals surface area (Å²) in [4.78, 5) is 28.4. The third-order valence-corrected chi connectivity index (χ3v) is 6.71. The summed E-state index contributed by atoms with van der Waals surface area (Å²) in [6, 6.07) is 8.34. The Labute approximate surface area is 191 Å². The normalized spacial score (nSPS) is 18.4. The fourth-order valence-corrected chi connectivity index (χ4v) is 5.05. The van der Waals surface area contributed by atoms with E-state index in [1.54, 1.807) is 6.33 Å². The van der Waals surface area contributed by atoms with Crippen LogP contribution in [0.5, 0.6) is 0 Å². The summed E-state index contributed by atoms with van der Waals surface area (Å²) in [7, 11) is 0. The van der Waals surface area contributed by atoms with E-state index in [2.05, 4.69) is 62.6 Å². The lowest BCUT2D eigenvalue weighted by Gasteiger charge is -2.38. The molecule has 4 rings (SSSR count). The van der Waals surface area contributed by atoms with Crippen molar-refractivity contribution in [3.05, 3.63) is 51.0 Å². The fourth-order valence-electron chi connectivity index (χ4n) is 4.44. The molecule has 30 heavy (non-hydrogen) atoms. The zero-order valence-corrected chi connectivity index (χ0v) is 19.6. The van der Waals surface area contributed by atoms with Crippen LogP contribution in [0.4, 0.5) is 10.6 Å². The first-order valence-electron chi connectivity index (χ1n) is 10.6. The number of nitrogens with two attached hydrogens (primary N) is 1. The molecular weight excluding hydrogens is 491 g/mol. The average molecular weight is 520 g/mol. The number of anilines is 1. The first-order chi connectivity index (χ1) is 14.6. The zero-order valence-electron chi connectivity index (χ0n) is 17.4. The number of benzene rings is 1. The Morgan fingerprint density at radius 3 is 2.80 bits per heavy atom. The molecule has 2 amide bonds. The third-order valence-electron chi connectivity index (χ3n) is 6.03. The molecule has 1 aromatic heterocycles. The molecule has 0 bridgehead atoms. The van der Waals surface area contributed by atoms with Crippen LogP contribution in [0.3, 0.4) is 0 Å². The van der Waals surface area contributed by atoms with Crippen LogP contribution in [0, 0.1) is 3.57 Å². The summed E-state index contributed by atoms with van der Waals surface area (Å²) < 4.78 is 1.17. The van der Waals surface area contributed by atoms with E-state index >= 15 is 0 Å². The Bertz CT molecular complexity index is 899. The molecule has 0 radical (unpaired) electrons. The highest BCUT2D eigenvalue weighted by atomic mass is 127. The zero-order chi connectivity index (χ0) is 21.1. The molecule has 2 aliphatic rings. The molecule has 1 aliphatic heterocycles. The molecule has 1 aromatic carbocycles. The maximum atomic E-state index is 13.2. The fraction of sp³-hybridized carbons (Fsp3) is 0.500. The van der Waals surface area contributed by atoms with E-state index in [9.17, 15) is 4.79 Å². The molecule has 8 heteroatoms. The van der Waals surface area contributed by atoms with Crippen LogP contribution in [-0.2, 0) is 13.0 Å². The molecule has 1 saturated heterocycles. The predicted molar refractivity (Wildman–Crippen MR) is 127 cm³/mol. The molecule has 2 heterocycles. The minimum atomic E-state index is 0.0697. The lowest BCUT2D eigenvalue weighted by Crippen LogP contribution is -2.53. The summed E-state index contributed by atoms with van der Waals surface area (Å²) in [5, 5.41) is 0. The van der Waals surface area contributed by atoms with Gasteiger partial charge in [-0.25, -0.2) is 14.8 Å². The van der Waals surface area contributed by atoms with Gasteiger partial charge < -0.3 is 20.4 Å². The van der Waals surface area contributed by atoms with Crippen molar-refractivity contribution in [2.75, 3.05) is 44.2 Å². The van der Waals surface area contributed by atoms with Crippen LogP contribution in [-0.4, -0.2) is 65.1 Å². The van der Waals surface area contributed by atoms with Crippen molar-refractivity contribution in [1.82, 2.24) is 19.8 Å². The van der Waals surface area contributed by atoms with Crippen molar-refractivity contribution in [2.24, 2.45) is 5.73 Å². The molecule has 0 spiro atoms. The van der Waals surface area contributed by atoms with Gasteiger partial charge in [0.05, 0.1) is 0 Å². The molecular formula is C22H29IN6O. The summed E-state index contributed by atoms with van der Waals surface area (Å²) in [5.74, 6) is 1.57. The van der Waals surface area contributed by atoms with Crippen molar-refractivity contribution in [3.8, 4) is 0 Å². The van der Waals surface area contributed by atoms with Crippen molar-refractivity contribution >= 4 is 34.4 Å². The van der Waals surface area contributed by atoms with Gasteiger partial charge in [-0.05, 0) is 59.0 Å². The highest BCUT2D eigenvalue weighted by molar-refractivity contribution is 14.1. The van der Waals surface area contributed by atoms with Crippen LogP contribution in [0.1, 0.15) is 36.1 Å². The molecule has 1 fully saturated rings. The number of rotatable bonds is 5. The quantitative estimate of drug-likeness (QED) is 0.614. The number of aryl methyl sites for hydroxylation is 1. The van der Waals surface area contributed by atoms with E-state index in [-0.39, 0.29) is 6.03 Å². The number of halogens is 1. The third kappa shape index (κ3) is 4.54. The number of aromatic nitrogens is 2. The average Bonchev–Trinajstić information content (AvgIpc) is 3.14. The van der Waals surface area contributed by atoms with Crippen LogP contribution >= 0.6 is 22.6 Å². The van der Waals surface area contributed by atoms with Crippen LogP contribution in [0.15, 0.2) is 30.6 Å². The Hall–Kier alpha value is -1.94. The number of carbonyl (C=O) groups excluding carboxylic acids is 1. The van der Waals surface area contributed by atoms with E-state index in [0.717, 1.165) is 37.3 Å². The van der Waals surface area contributed by atoms with Crippen LogP contribution in [0.2, 0.25) is 0 Å². The summed E-state index contributed by atoms with van der Waals surface area (Å²) in [5.41, 5.74) is 9.44. The maximum absolute atomic E-state index is 13.2. The predicted octanol–water partition coefficient (Wildman–Crippen LogP) is 2.83. The number of fused-ring (bicyclic) bond motifs is 1. The van der Waals surface area contributed by atoms with E-state index in [0.29, 0.717) is 38.6 Å². The van der Waals surface area contributed by atoms with Crippen molar-refractivity contribution in [1.29, 1.82) is 0 Å². The number of hydrogen-bond acceptors (Lipinski definition) is 5. The SMILES string of the molecule is C[C@@H]1CCc2ncnc(N3CCN(C(=O)N(CCN)Cc4cccc(I)c4)CC3)c21. The Morgan fingerprint density at radius 1 is 1.27 bits per heavy atom. The largest absolute Gasteiger partial charge is 0.353 e. The van der Waals surface area contributed by atoms with Crippen LogP contribution in [0.25, 0.3) is 0 Å².